The molecule has 0 heterocycles. The topological polar surface area (TPSA) is 115 Å². The minimum Gasteiger partial charge on any atom is -0.495 e. The molecule has 10 heteroatoms. The van der Waals surface area contributed by atoms with Gasteiger partial charge < -0.3 is 14.2 Å². The summed E-state index contributed by atoms with van der Waals surface area (Å²) in [5.74, 6) is 0.885. The lowest BCUT2D eigenvalue weighted by molar-refractivity contribution is 0.0955. The van der Waals surface area contributed by atoms with Crippen LogP contribution in [0, 0.1) is 0 Å². The molecule has 0 unspecified atom stereocenters. The third kappa shape index (κ3) is 7.14. The highest BCUT2D eigenvalue weighted by molar-refractivity contribution is 7.92. The Morgan fingerprint density at radius 2 is 1.56 bits per heavy atom. The third-order valence-corrected chi connectivity index (χ3v) is 6.93. The predicted molar refractivity (Wildman–Crippen MR) is 149 cm³/mol. The fourth-order valence-electron chi connectivity index (χ4n) is 3.59. The van der Waals surface area contributed by atoms with Crippen molar-refractivity contribution < 1.29 is 27.4 Å². The van der Waals surface area contributed by atoms with Crippen LogP contribution in [-0.2, 0) is 16.6 Å². The van der Waals surface area contributed by atoms with Gasteiger partial charge in [-0.05, 0) is 59.7 Å². The SMILES string of the molecule is COc1ccccc1NS(=O)(=O)c1cccc(C(=O)N/N=C\c2ccc(OCc3ccccc3)c(OC)c2)c1. The molecule has 0 aliphatic rings. The molecule has 0 bridgehead atoms. The summed E-state index contributed by atoms with van der Waals surface area (Å²) in [6.45, 7) is 0.393. The number of hydrazone groups is 1. The van der Waals surface area contributed by atoms with Crippen LogP contribution in [0.25, 0.3) is 0 Å². The number of methoxy groups -OCH3 is 2. The first kappa shape index (κ1) is 27.2. The minimum absolute atomic E-state index is 0.0825. The van der Waals surface area contributed by atoms with Gasteiger partial charge in [0.05, 0.1) is 31.0 Å². The molecular weight excluding hydrogens is 518 g/mol. The third-order valence-electron chi connectivity index (χ3n) is 5.56. The number of anilines is 1. The molecule has 9 nitrogen and oxygen atoms in total. The van der Waals surface area contributed by atoms with Gasteiger partial charge in [0.1, 0.15) is 12.4 Å². The van der Waals surface area contributed by atoms with Gasteiger partial charge in [0.2, 0.25) is 0 Å². The molecule has 4 aromatic carbocycles. The van der Waals surface area contributed by atoms with Crippen LogP contribution in [0.2, 0.25) is 0 Å². The van der Waals surface area contributed by atoms with E-state index in [0.717, 1.165) is 5.56 Å². The van der Waals surface area contributed by atoms with Gasteiger partial charge in [0.15, 0.2) is 11.5 Å². The molecule has 0 aromatic heterocycles. The molecule has 0 saturated heterocycles. The molecule has 200 valence electrons. The second kappa shape index (κ2) is 12.6. The Balaban J connectivity index is 1.41. The van der Waals surface area contributed by atoms with Gasteiger partial charge in [-0.15, -0.1) is 0 Å². The number of benzene rings is 4. The molecule has 4 rings (SSSR count). The van der Waals surface area contributed by atoms with E-state index in [0.29, 0.717) is 29.4 Å². The maximum Gasteiger partial charge on any atom is 0.271 e. The average Bonchev–Trinajstić information content (AvgIpc) is 2.97. The fourth-order valence-corrected chi connectivity index (χ4v) is 4.70. The van der Waals surface area contributed by atoms with E-state index in [1.54, 1.807) is 42.5 Å². The zero-order chi connectivity index (χ0) is 27.7. The van der Waals surface area contributed by atoms with Gasteiger partial charge in [0, 0.05) is 5.56 Å². The Kier molecular flexibility index (Phi) is 8.80. The first-order chi connectivity index (χ1) is 18.9. The zero-order valence-electron chi connectivity index (χ0n) is 21.3. The Labute approximate surface area is 227 Å². The fraction of sp³-hybridized carbons (Fsp3) is 0.103. The van der Waals surface area contributed by atoms with Crippen molar-refractivity contribution in [2.45, 2.75) is 11.5 Å². The number of nitrogens with one attached hydrogen (secondary N) is 2. The summed E-state index contributed by atoms with van der Waals surface area (Å²) in [7, 11) is -0.988. The largest absolute Gasteiger partial charge is 0.495 e. The average molecular weight is 546 g/mol. The number of hydrogen-bond donors (Lipinski definition) is 2. The molecular formula is C29H27N3O6S. The Bertz CT molecular complexity index is 1570. The van der Waals surface area contributed by atoms with E-state index < -0.39 is 15.9 Å². The van der Waals surface area contributed by atoms with Crippen LogP contribution in [0.15, 0.2) is 107 Å². The van der Waals surface area contributed by atoms with Crippen molar-refractivity contribution in [3.8, 4) is 17.2 Å². The minimum atomic E-state index is -3.97. The summed E-state index contributed by atoms with van der Waals surface area (Å²) in [6, 6.07) is 27.3. The zero-order valence-corrected chi connectivity index (χ0v) is 22.1. The molecule has 0 spiro atoms. The highest BCUT2D eigenvalue weighted by Crippen LogP contribution is 2.29. The number of amides is 1. The molecule has 0 atom stereocenters. The molecule has 0 saturated carbocycles. The first-order valence-corrected chi connectivity index (χ1v) is 13.3. The Morgan fingerprint density at radius 1 is 0.821 bits per heavy atom. The number of carbonyl (C=O) groups excluding carboxylic acids is 1. The van der Waals surface area contributed by atoms with Crippen LogP contribution in [0.4, 0.5) is 5.69 Å². The highest BCUT2D eigenvalue weighted by Gasteiger charge is 2.18. The van der Waals surface area contributed by atoms with Crippen molar-refractivity contribution in [1.29, 1.82) is 0 Å². The molecule has 0 fully saturated rings. The second-order valence-corrected chi connectivity index (χ2v) is 9.90. The number of carbonyl (C=O) groups is 1. The van der Waals surface area contributed by atoms with E-state index in [1.807, 2.05) is 30.3 Å². The number of ether oxygens (including phenoxy) is 3. The second-order valence-electron chi connectivity index (χ2n) is 8.22. The van der Waals surface area contributed by atoms with Crippen LogP contribution in [0.5, 0.6) is 17.2 Å². The lowest BCUT2D eigenvalue weighted by Crippen LogP contribution is -2.19. The lowest BCUT2D eigenvalue weighted by atomic mass is 10.2. The van der Waals surface area contributed by atoms with Crippen molar-refractivity contribution in [2.24, 2.45) is 5.10 Å². The van der Waals surface area contributed by atoms with E-state index in [9.17, 15) is 13.2 Å². The van der Waals surface area contributed by atoms with Crippen LogP contribution in [-0.4, -0.2) is 34.8 Å². The number of para-hydroxylation sites is 2. The maximum atomic E-state index is 12.9. The smallest absolute Gasteiger partial charge is 0.271 e. The van der Waals surface area contributed by atoms with E-state index in [-0.39, 0.29) is 16.1 Å². The highest BCUT2D eigenvalue weighted by atomic mass is 32.2. The van der Waals surface area contributed by atoms with Gasteiger partial charge >= 0.3 is 0 Å². The van der Waals surface area contributed by atoms with Gasteiger partial charge in [-0.25, -0.2) is 13.8 Å². The van der Waals surface area contributed by atoms with Gasteiger partial charge in [0.25, 0.3) is 15.9 Å². The number of nitrogens with zero attached hydrogens (tertiary/aromatic N) is 1. The normalized spacial score (nSPS) is 11.1. The summed E-state index contributed by atoms with van der Waals surface area (Å²) in [6.07, 6.45) is 1.45. The van der Waals surface area contributed by atoms with Gasteiger partial charge in [-0.3, -0.25) is 9.52 Å². The first-order valence-electron chi connectivity index (χ1n) is 11.8. The predicted octanol–water partition coefficient (Wildman–Crippen LogP) is 4.85. The maximum absolute atomic E-state index is 12.9. The standard InChI is InChI=1S/C29H27N3O6S/c1-36-26-14-7-6-13-25(26)32-39(34,35)24-12-8-11-23(18-24)29(33)31-30-19-22-15-16-27(28(17-22)37-2)38-20-21-9-4-3-5-10-21/h3-19,32H,20H2,1-2H3,(H,31,33)/b30-19-. The number of sulfonamides is 1. The van der Waals surface area contributed by atoms with E-state index >= 15 is 0 Å². The number of rotatable bonds is 11. The van der Waals surface area contributed by atoms with Crippen molar-refractivity contribution in [2.75, 3.05) is 18.9 Å². The summed E-state index contributed by atoms with van der Waals surface area (Å²) < 4.78 is 44.8. The van der Waals surface area contributed by atoms with Crippen molar-refractivity contribution >= 4 is 27.8 Å². The van der Waals surface area contributed by atoms with Crippen LogP contribution >= 0.6 is 0 Å². The van der Waals surface area contributed by atoms with Crippen LogP contribution < -0.4 is 24.4 Å². The summed E-state index contributed by atoms with van der Waals surface area (Å²) >= 11 is 0. The van der Waals surface area contributed by atoms with Crippen molar-refractivity contribution in [3.05, 3.63) is 114 Å². The molecule has 0 aliphatic carbocycles. The molecule has 1 amide bonds. The summed E-state index contributed by atoms with van der Waals surface area (Å²) in [4.78, 5) is 12.6. The van der Waals surface area contributed by atoms with Crippen molar-refractivity contribution in [3.63, 3.8) is 0 Å². The van der Waals surface area contributed by atoms with E-state index in [1.165, 1.54) is 44.7 Å². The van der Waals surface area contributed by atoms with Crippen LogP contribution in [0.1, 0.15) is 21.5 Å². The van der Waals surface area contributed by atoms with Crippen molar-refractivity contribution in [1.82, 2.24) is 5.43 Å². The van der Waals surface area contributed by atoms with Gasteiger partial charge in [-0.2, -0.15) is 5.10 Å². The van der Waals surface area contributed by atoms with Gasteiger partial charge in [-0.1, -0.05) is 48.5 Å². The monoisotopic (exact) mass is 545 g/mol. The summed E-state index contributed by atoms with van der Waals surface area (Å²) in [5.41, 5.74) is 4.51. The Hall–Kier alpha value is -4.83. The molecule has 39 heavy (non-hydrogen) atoms. The molecule has 0 aliphatic heterocycles. The lowest BCUT2D eigenvalue weighted by Gasteiger charge is -2.12. The molecule has 0 radical (unpaired) electrons. The Morgan fingerprint density at radius 3 is 2.33 bits per heavy atom. The summed E-state index contributed by atoms with van der Waals surface area (Å²) in [5, 5.41) is 4.00. The quantitative estimate of drug-likeness (QED) is 0.206. The van der Waals surface area contributed by atoms with E-state index in [2.05, 4.69) is 15.2 Å². The molecule has 2 N–H and O–H groups in total. The molecule has 4 aromatic rings. The van der Waals surface area contributed by atoms with Crippen LogP contribution in [0.3, 0.4) is 0 Å². The number of hydrogen-bond acceptors (Lipinski definition) is 7. The van der Waals surface area contributed by atoms with E-state index in [4.69, 9.17) is 14.2 Å².